The van der Waals surface area contributed by atoms with Crippen molar-refractivity contribution >= 4 is 11.6 Å². The number of nitrogens with zero attached hydrogens (tertiary/aromatic N) is 1. The minimum absolute atomic E-state index is 0.606. The Balaban J connectivity index is 2.85. The van der Waals surface area contributed by atoms with Crippen LogP contribution in [0.15, 0.2) is 24.3 Å². The van der Waals surface area contributed by atoms with Gasteiger partial charge in [0.05, 0.1) is 11.6 Å². The molecular formula is C9H8ClN. The van der Waals surface area contributed by atoms with Crippen LogP contribution in [0.25, 0.3) is 0 Å². The van der Waals surface area contributed by atoms with Crippen LogP contribution in [-0.2, 0) is 6.42 Å². The molecule has 11 heavy (non-hydrogen) atoms. The van der Waals surface area contributed by atoms with Crippen molar-refractivity contribution < 1.29 is 0 Å². The Hall–Kier alpha value is -1.00. The van der Waals surface area contributed by atoms with Crippen LogP contribution >= 0.6 is 11.6 Å². The summed E-state index contributed by atoms with van der Waals surface area (Å²) in [5.74, 6) is 0.606. The largest absolute Gasteiger partial charge is 0.192 e. The first-order valence-corrected chi connectivity index (χ1v) is 3.95. The van der Waals surface area contributed by atoms with Crippen LogP contribution in [0.5, 0.6) is 0 Å². The van der Waals surface area contributed by atoms with Gasteiger partial charge in [-0.3, -0.25) is 0 Å². The first-order chi connectivity index (χ1) is 5.36. The molecule has 0 unspecified atom stereocenters. The van der Waals surface area contributed by atoms with Gasteiger partial charge in [-0.05, 0) is 24.1 Å². The molecule has 0 aromatic heterocycles. The zero-order chi connectivity index (χ0) is 8.10. The molecule has 2 heteroatoms. The lowest BCUT2D eigenvalue weighted by atomic mass is 10.1. The average Bonchev–Trinajstić information content (AvgIpc) is 2.06. The molecule has 0 aliphatic heterocycles. The van der Waals surface area contributed by atoms with E-state index in [9.17, 15) is 0 Å². The highest BCUT2D eigenvalue weighted by Gasteiger charge is 1.92. The summed E-state index contributed by atoms with van der Waals surface area (Å²) in [6.45, 7) is 0. The minimum atomic E-state index is 0.606. The van der Waals surface area contributed by atoms with E-state index in [-0.39, 0.29) is 0 Å². The second kappa shape index (κ2) is 4.00. The molecule has 1 aromatic carbocycles. The van der Waals surface area contributed by atoms with Crippen molar-refractivity contribution in [2.24, 2.45) is 0 Å². The standard InChI is InChI=1S/C9H8ClN/c10-5-4-8-2-1-3-9(6-8)7-11/h1-3,6H,4-5H2. The summed E-state index contributed by atoms with van der Waals surface area (Å²) in [5.41, 5.74) is 1.83. The molecule has 56 valence electrons. The summed E-state index contributed by atoms with van der Waals surface area (Å²) >= 11 is 5.55. The molecule has 1 rings (SSSR count). The van der Waals surface area contributed by atoms with Gasteiger partial charge in [0.1, 0.15) is 0 Å². The summed E-state index contributed by atoms with van der Waals surface area (Å²) in [5, 5.41) is 8.55. The van der Waals surface area contributed by atoms with Gasteiger partial charge < -0.3 is 0 Å². The Morgan fingerprint density at radius 2 is 2.27 bits per heavy atom. The monoisotopic (exact) mass is 165 g/mol. The van der Waals surface area contributed by atoms with Crippen LogP contribution in [0, 0.1) is 11.3 Å². The van der Waals surface area contributed by atoms with Crippen LogP contribution in [0.1, 0.15) is 11.1 Å². The molecule has 1 nitrogen and oxygen atoms in total. The Labute approximate surface area is 71.2 Å². The molecule has 0 atom stereocenters. The highest BCUT2D eigenvalue weighted by molar-refractivity contribution is 6.17. The first-order valence-electron chi connectivity index (χ1n) is 3.42. The second-order valence-corrected chi connectivity index (χ2v) is 2.63. The van der Waals surface area contributed by atoms with E-state index in [0.29, 0.717) is 11.4 Å². The van der Waals surface area contributed by atoms with Gasteiger partial charge in [0.25, 0.3) is 0 Å². The van der Waals surface area contributed by atoms with E-state index >= 15 is 0 Å². The van der Waals surface area contributed by atoms with Crippen LogP contribution < -0.4 is 0 Å². The fraction of sp³-hybridized carbons (Fsp3) is 0.222. The zero-order valence-electron chi connectivity index (χ0n) is 6.05. The predicted molar refractivity (Wildman–Crippen MR) is 45.6 cm³/mol. The van der Waals surface area contributed by atoms with Crippen LogP contribution in [0.4, 0.5) is 0 Å². The van der Waals surface area contributed by atoms with Crippen molar-refractivity contribution in [1.82, 2.24) is 0 Å². The van der Waals surface area contributed by atoms with E-state index in [1.807, 2.05) is 18.2 Å². The third-order valence-corrected chi connectivity index (χ3v) is 1.63. The summed E-state index contributed by atoms with van der Waals surface area (Å²) in [4.78, 5) is 0. The molecule has 0 fully saturated rings. The molecule has 0 radical (unpaired) electrons. The Bertz CT molecular complexity index is 275. The van der Waals surface area contributed by atoms with Gasteiger partial charge in [-0.2, -0.15) is 5.26 Å². The van der Waals surface area contributed by atoms with Crippen molar-refractivity contribution in [2.45, 2.75) is 6.42 Å². The molecule has 0 heterocycles. The molecule has 0 N–H and O–H groups in total. The fourth-order valence-corrected chi connectivity index (χ4v) is 1.12. The number of aryl methyl sites for hydroxylation is 1. The Morgan fingerprint density at radius 3 is 2.91 bits per heavy atom. The van der Waals surface area contributed by atoms with E-state index in [0.717, 1.165) is 12.0 Å². The summed E-state index contributed by atoms with van der Waals surface area (Å²) < 4.78 is 0. The van der Waals surface area contributed by atoms with Crippen molar-refractivity contribution in [1.29, 1.82) is 5.26 Å². The highest BCUT2D eigenvalue weighted by Crippen LogP contribution is 2.05. The van der Waals surface area contributed by atoms with Crippen LogP contribution in [0.3, 0.4) is 0 Å². The topological polar surface area (TPSA) is 23.8 Å². The van der Waals surface area contributed by atoms with Gasteiger partial charge in [-0.15, -0.1) is 11.6 Å². The SMILES string of the molecule is N#Cc1cccc(CCCl)c1. The molecular weight excluding hydrogens is 158 g/mol. The molecule has 0 saturated carbocycles. The van der Waals surface area contributed by atoms with Gasteiger partial charge in [0.15, 0.2) is 0 Å². The number of hydrogen-bond donors (Lipinski definition) is 0. The van der Waals surface area contributed by atoms with Gasteiger partial charge in [0, 0.05) is 5.88 Å². The average molecular weight is 166 g/mol. The van der Waals surface area contributed by atoms with Crippen molar-refractivity contribution in [3.05, 3.63) is 35.4 Å². The van der Waals surface area contributed by atoms with Gasteiger partial charge in [-0.1, -0.05) is 12.1 Å². The van der Waals surface area contributed by atoms with Crippen molar-refractivity contribution in [3.63, 3.8) is 0 Å². The number of rotatable bonds is 2. The molecule has 0 aliphatic carbocycles. The van der Waals surface area contributed by atoms with E-state index in [4.69, 9.17) is 16.9 Å². The number of benzene rings is 1. The maximum atomic E-state index is 8.55. The Morgan fingerprint density at radius 1 is 1.45 bits per heavy atom. The lowest BCUT2D eigenvalue weighted by Gasteiger charge is -1.95. The smallest absolute Gasteiger partial charge is 0.0991 e. The summed E-state index contributed by atoms with van der Waals surface area (Å²) in [6, 6.07) is 9.59. The highest BCUT2D eigenvalue weighted by atomic mass is 35.5. The third kappa shape index (κ3) is 2.25. The number of nitriles is 1. The normalized spacial score (nSPS) is 9.09. The maximum Gasteiger partial charge on any atom is 0.0991 e. The van der Waals surface area contributed by atoms with E-state index < -0.39 is 0 Å². The molecule has 0 bridgehead atoms. The van der Waals surface area contributed by atoms with Crippen LogP contribution in [0.2, 0.25) is 0 Å². The lowest BCUT2D eigenvalue weighted by molar-refractivity contribution is 1.15. The zero-order valence-corrected chi connectivity index (χ0v) is 6.80. The molecule has 0 spiro atoms. The van der Waals surface area contributed by atoms with Gasteiger partial charge >= 0.3 is 0 Å². The van der Waals surface area contributed by atoms with Crippen LogP contribution in [-0.4, -0.2) is 5.88 Å². The van der Waals surface area contributed by atoms with E-state index in [1.165, 1.54) is 0 Å². The number of alkyl halides is 1. The lowest BCUT2D eigenvalue weighted by Crippen LogP contribution is -1.85. The van der Waals surface area contributed by atoms with Crippen molar-refractivity contribution in [2.75, 3.05) is 5.88 Å². The molecule has 1 aromatic rings. The summed E-state index contributed by atoms with van der Waals surface area (Å²) in [7, 11) is 0. The van der Waals surface area contributed by atoms with E-state index in [2.05, 4.69) is 6.07 Å². The maximum absolute atomic E-state index is 8.55. The molecule has 0 amide bonds. The van der Waals surface area contributed by atoms with E-state index in [1.54, 1.807) is 6.07 Å². The second-order valence-electron chi connectivity index (χ2n) is 2.25. The van der Waals surface area contributed by atoms with Gasteiger partial charge in [0.2, 0.25) is 0 Å². The number of halogens is 1. The first kappa shape index (κ1) is 8.10. The molecule has 0 aliphatic rings. The fourth-order valence-electron chi connectivity index (χ4n) is 0.905. The van der Waals surface area contributed by atoms with Gasteiger partial charge in [-0.25, -0.2) is 0 Å². The molecule has 0 saturated heterocycles. The Kier molecular flexibility index (Phi) is 2.95. The van der Waals surface area contributed by atoms with Crippen molar-refractivity contribution in [3.8, 4) is 6.07 Å². The quantitative estimate of drug-likeness (QED) is 0.618. The summed E-state index contributed by atoms with van der Waals surface area (Å²) in [6.07, 6.45) is 0.830. The number of hydrogen-bond acceptors (Lipinski definition) is 1. The predicted octanol–water partition coefficient (Wildman–Crippen LogP) is 2.34. The third-order valence-electron chi connectivity index (χ3n) is 1.44. The minimum Gasteiger partial charge on any atom is -0.192 e.